The van der Waals surface area contributed by atoms with Crippen LogP contribution < -0.4 is 0 Å². The highest BCUT2D eigenvalue weighted by Gasteiger charge is 2.27. The molecule has 0 unspecified atom stereocenters. The number of hydrogen-bond acceptors (Lipinski definition) is 0. The van der Waals surface area contributed by atoms with Gasteiger partial charge in [0.15, 0.2) is 0 Å². The summed E-state index contributed by atoms with van der Waals surface area (Å²) in [6.45, 7) is 11.2. The summed E-state index contributed by atoms with van der Waals surface area (Å²) in [5, 5.41) is 0. The second kappa shape index (κ2) is 6.43. The smallest absolute Gasteiger partial charge is 0.00984 e. The van der Waals surface area contributed by atoms with Crippen LogP contribution in [0.5, 0.6) is 0 Å². The lowest BCUT2D eigenvalue weighted by molar-refractivity contribution is 0.437. The van der Waals surface area contributed by atoms with Gasteiger partial charge in [0.2, 0.25) is 0 Å². The molecule has 1 aliphatic rings. The van der Waals surface area contributed by atoms with E-state index in [1.807, 2.05) is 0 Å². The van der Waals surface area contributed by atoms with Gasteiger partial charge in [0, 0.05) is 0 Å². The standard InChI is InChI=1S/C20H28/c1-14(2)7-6-8-16(4)19-12-10-17(5)18-11-9-15(3)13-20(18)19/h6-9,11,13,16-17,19H,10,12H2,1-5H3/t16-,17+,19-/m0/s1. The Morgan fingerprint density at radius 3 is 2.65 bits per heavy atom. The quantitative estimate of drug-likeness (QED) is 0.578. The third kappa shape index (κ3) is 3.42. The van der Waals surface area contributed by atoms with Crippen LogP contribution in [0, 0.1) is 12.8 Å². The van der Waals surface area contributed by atoms with Crippen molar-refractivity contribution in [3.63, 3.8) is 0 Å². The summed E-state index contributed by atoms with van der Waals surface area (Å²) in [7, 11) is 0. The first-order valence-corrected chi connectivity index (χ1v) is 7.91. The fourth-order valence-electron chi connectivity index (χ4n) is 3.31. The molecule has 3 atom stereocenters. The molecule has 0 saturated heterocycles. The van der Waals surface area contributed by atoms with Crippen LogP contribution >= 0.6 is 0 Å². The zero-order valence-electron chi connectivity index (χ0n) is 13.6. The van der Waals surface area contributed by atoms with Crippen LogP contribution in [0.3, 0.4) is 0 Å². The Morgan fingerprint density at radius 2 is 1.95 bits per heavy atom. The highest BCUT2D eigenvalue weighted by molar-refractivity contribution is 5.39. The minimum Gasteiger partial charge on any atom is -0.0811 e. The third-order valence-corrected chi connectivity index (χ3v) is 4.56. The Balaban J connectivity index is 2.26. The van der Waals surface area contributed by atoms with Gasteiger partial charge in [-0.1, -0.05) is 61.4 Å². The van der Waals surface area contributed by atoms with E-state index in [9.17, 15) is 0 Å². The monoisotopic (exact) mass is 268 g/mol. The van der Waals surface area contributed by atoms with Gasteiger partial charge in [-0.05, 0) is 62.5 Å². The molecule has 0 N–H and O–H groups in total. The second-order valence-electron chi connectivity index (χ2n) is 6.71. The van der Waals surface area contributed by atoms with Gasteiger partial charge in [0.25, 0.3) is 0 Å². The average Bonchev–Trinajstić information content (AvgIpc) is 2.38. The lowest BCUT2D eigenvalue weighted by Gasteiger charge is -2.33. The SMILES string of the molecule is CC(C)=CC=C[C@H](C)[C@@H]1CC[C@@H](C)c2ccc(C)cc21. The van der Waals surface area contributed by atoms with Gasteiger partial charge >= 0.3 is 0 Å². The molecule has 0 bridgehead atoms. The number of fused-ring (bicyclic) bond motifs is 1. The zero-order valence-corrected chi connectivity index (χ0v) is 13.6. The molecule has 0 fully saturated rings. The maximum Gasteiger partial charge on any atom is -0.00984 e. The fraction of sp³-hybridized carbons (Fsp3) is 0.500. The maximum absolute atomic E-state index is 2.42. The molecule has 1 aromatic rings. The highest BCUT2D eigenvalue weighted by atomic mass is 14.3. The van der Waals surface area contributed by atoms with Gasteiger partial charge in [0.1, 0.15) is 0 Å². The van der Waals surface area contributed by atoms with Crippen LogP contribution in [0.15, 0.2) is 42.0 Å². The van der Waals surface area contributed by atoms with Crippen molar-refractivity contribution in [2.24, 2.45) is 5.92 Å². The van der Waals surface area contributed by atoms with E-state index >= 15 is 0 Å². The fourth-order valence-corrected chi connectivity index (χ4v) is 3.31. The summed E-state index contributed by atoms with van der Waals surface area (Å²) < 4.78 is 0. The average molecular weight is 268 g/mol. The Labute approximate surface area is 124 Å². The summed E-state index contributed by atoms with van der Waals surface area (Å²) in [5.41, 5.74) is 5.93. The van der Waals surface area contributed by atoms with Crippen LogP contribution in [0.2, 0.25) is 0 Å². The highest BCUT2D eigenvalue weighted by Crippen LogP contribution is 2.42. The lowest BCUT2D eigenvalue weighted by Crippen LogP contribution is -2.17. The Hall–Kier alpha value is -1.30. The first-order chi connectivity index (χ1) is 9.49. The second-order valence-corrected chi connectivity index (χ2v) is 6.71. The van der Waals surface area contributed by atoms with Gasteiger partial charge in [-0.15, -0.1) is 0 Å². The minimum absolute atomic E-state index is 0.610. The Bertz CT molecular complexity index is 515. The van der Waals surface area contributed by atoms with Crippen molar-refractivity contribution < 1.29 is 0 Å². The molecule has 1 aromatic carbocycles. The Morgan fingerprint density at radius 1 is 1.20 bits per heavy atom. The third-order valence-electron chi connectivity index (χ3n) is 4.56. The van der Waals surface area contributed by atoms with Crippen molar-refractivity contribution >= 4 is 0 Å². The van der Waals surface area contributed by atoms with E-state index in [2.05, 4.69) is 71.0 Å². The largest absolute Gasteiger partial charge is 0.0811 e. The Kier molecular flexibility index (Phi) is 4.86. The number of benzene rings is 1. The molecule has 0 radical (unpaired) electrons. The minimum atomic E-state index is 0.610. The van der Waals surface area contributed by atoms with Gasteiger partial charge < -0.3 is 0 Å². The van der Waals surface area contributed by atoms with Crippen LogP contribution in [0.25, 0.3) is 0 Å². The van der Waals surface area contributed by atoms with Crippen molar-refractivity contribution in [2.45, 2.75) is 59.3 Å². The number of allylic oxidation sites excluding steroid dienone is 4. The number of rotatable bonds is 3. The van der Waals surface area contributed by atoms with Crippen molar-refractivity contribution in [3.8, 4) is 0 Å². The zero-order chi connectivity index (χ0) is 14.7. The van der Waals surface area contributed by atoms with E-state index in [4.69, 9.17) is 0 Å². The van der Waals surface area contributed by atoms with Gasteiger partial charge in [-0.25, -0.2) is 0 Å². The molecule has 0 aliphatic heterocycles. The first kappa shape index (κ1) is 15.1. The predicted molar refractivity (Wildman–Crippen MR) is 89.3 cm³/mol. The summed E-state index contributed by atoms with van der Waals surface area (Å²) in [6, 6.07) is 7.04. The van der Waals surface area contributed by atoms with Crippen molar-refractivity contribution in [2.75, 3.05) is 0 Å². The normalized spacial score (nSPS) is 23.4. The van der Waals surface area contributed by atoms with Crippen molar-refractivity contribution in [1.82, 2.24) is 0 Å². The molecule has 0 aromatic heterocycles. The van der Waals surface area contributed by atoms with Crippen LogP contribution in [0.1, 0.15) is 69.1 Å². The van der Waals surface area contributed by atoms with Crippen molar-refractivity contribution in [1.29, 1.82) is 0 Å². The van der Waals surface area contributed by atoms with E-state index in [0.717, 1.165) is 5.92 Å². The summed E-state index contributed by atoms with van der Waals surface area (Å²) in [4.78, 5) is 0. The molecule has 0 heteroatoms. The van der Waals surface area contributed by atoms with Gasteiger partial charge in [0.05, 0.1) is 0 Å². The molecule has 0 nitrogen and oxygen atoms in total. The van der Waals surface area contributed by atoms with E-state index in [1.54, 1.807) is 11.1 Å². The maximum atomic E-state index is 2.42. The molecule has 0 heterocycles. The topological polar surface area (TPSA) is 0 Å². The van der Waals surface area contributed by atoms with Gasteiger partial charge in [-0.2, -0.15) is 0 Å². The molecule has 108 valence electrons. The van der Waals surface area contributed by atoms with E-state index in [0.29, 0.717) is 11.8 Å². The molecular weight excluding hydrogens is 240 g/mol. The van der Waals surface area contributed by atoms with E-state index in [-0.39, 0.29) is 0 Å². The number of aryl methyl sites for hydroxylation is 1. The van der Waals surface area contributed by atoms with E-state index in [1.165, 1.54) is 24.0 Å². The molecular formula is C20H28. The summed E-state index contributed by atoms with van der Waals surface area (Å²) in [5.74, 6) is 2.01. The molecule has 20 heavy (non-hydrogen) atoms. The molecule has 0 spiro atoms. The van der Waals surface area contributed by atoms with E-state index < -0.39 is 0 Å². The first-order valence-electron chi connectivity index (χ1n) is 7.91. The molecule has 1 aliphatic carbocycles. The summed E-state index contributed by atoms with van der Waals surface area (Å²) >= 11 is 0. The van der Waals surface area contributed by atoms with Crippen LogP contribution in [-0.2, 0) is 0 Å². The lowest BCUT2D eigenvalue weighted by atomic mass is 9.72. The van der Waals surface area contributed by atoms with Gasteiger partial charge in [-0.3, -0.25) is 0 Å². The predicted octanol–water partition coefficient (Wildman–Crippen LogP) is 6.13. The van der Waals surface area contributed by atoms with Crippen LogP contribution in [-0.4, -0.2) is 0 Å². The van der Waals surface area contributed by atoms with Crippen LogP contribution in [0.4, 0.5) is 0 Å². The molecule has 2 rings (SSSR count). The molecule has 0 saturated carbocycles. The van der Waals surface area contributed by atoms with Crippen molar-refractivity contribution in [3.05, 3.63) is 58.7 Å². The molecule has 0 amide bonds. The number of hydrogen-bond donors (Lipinski definition) is 0. The summed E-state index contributed by atoms with van der Waals surface area (Å²) in [6.07, 6.45) is 9.45.